The molecule has 2 rings (SSSR count). The fraction of sp³-hybridized carbons (Fsp3) is 0.900. The number of carboxylic acid groups (broad SMARTS) is 1. The Bertz CT molecular complexity index is 224. The van der Waals surface area contributed by atoms with E-state index in [0.717, 1.165) is 12.8 Å². The normalized spacial score (nSPS) is 29.6. The predicted octanol–water partition coefficient (Wildman–Crippen LogP) is 1.67. The van der Waals surface area contributed by atoms with Gasteiger partial charge in [0.2, 0.25) is 0 Å². The Morgan fingerprint density at radius 3 is 2.15 bits per heavy atom. The Kier molecular flexibility index (Phi) is 1.88. The van der Waals surface area contributed by atoms with Crippen LogP contribution in [0.1, 0.15) is 32.6 Å². The number of carbonyl (C=O) groups is 1. The van der Waals surface area contributed by atoms with Crippen molar-refractivity contribution in [3.05, 3.63) is 0 Å². The summed E-state index contributed by atoms with van der Waals surface area (Å²) in [5.74, 6) is -0.615. The third-order valence-electron chi connectivity index (χ3n) is 3.91. The molecule has 3 nitrogen and oxygen atoms in total. The standard InChI is InChI=1S/C10H16O3/c1-9(2-3-9)10(8(11)12)4-6-13-7-5-10/h2-7H2,1H3,(H,11,12). The smallest absolute Gasteiger partial charge is 0.310 e. The van der Waals surface area contributed by atoms with Crippen LogP contribution >= 0.6 is 0 Å². The van der Waals surface area contributed by atoms with Gasteiger partial charge < -0.3 is 9.84 Å². The number of ether oxygens (including phenoxy) is 1. The molecule has 0 aromatic heterocycles. The van der Waals surface area contributed by atoms with Crippen molar-refractivity contribution in [1.29, 1.82) is 0 Å². The van der Waals surface area contributed by atoms with Crippen LogP contribution in [0, 0.1) is 10.8 Å². The van der Waals surface area contributed by atoms with Crippen LogP contribution in [0.2, 0.25) is 0 Å². The average molecular weight is 184 g/mol. The Morgan fingerprint density at radius 1 is 1.23 bits per heavy atom. The SMILES string of the molecule is CC1(C2(C(=O)O)CCOCC2)CC1. The van der Waals surface area contributed by atoms with Gasteiger partial charge in [0.05, 0.1) is 5.41 Å². The summed E-state index contributed by atoms with van der Waals surface area (Å²) in [4.78, 5) is 11.3. The fourth-order valence-corrected chi connectivity index (χ4v) is 2.46. The van der Waals surface area contributed by atoms with Crippen molar-refractivity contribution >= 4 is 5.97 Å². The zero-order chi connectivity index (χ0) is 9.53. The lowest BCUT2D eigenvalue weighted by Crippen LogP contribution is -2.43. The second-order valence-corrected chi connectivity index (χ2v) is 4.56. The van der Waals surface area contributed by atoms with E-state index in [1.54, 1.807) is 0 Å². The van der Waals surface area contributed by atoms with Crippen molar-refractivity contribution in [3.63, 3.8) is 0 Å². The minimum absolute atomic E-state index is 0.0581. The van der Waals surface area contributed by atoms with Gasteiger partial charge in [0, 0.05) is 13.2 Å². The molecule has 2 fully saturated rings. The average Bonchev–Trinajstić information content (AvgIpc) is 2.86. The molecule has 0 atom stereocenters. The molecular weight excluding hydrogens is 168 g/mol. The van der Waals surface area contributed by atoms with Gasteiger partial charge in [-0.05, 0) is 31.1 Å². The fourth-order valence-electron chi connectivity index (χ4n) is 2.46. The van der Waals surface area contributed by atoms with Gasteiger partial charge in [0.1, 0.15) is 0 Å². The first-order valence-electron chi connectivity index (χ1n) is 4.92. The molecule has 0 amide bonds. The molecule has 1 aliphatic carbocycles. The molecule has 1 saturated heterocycles. The summed E-state index contributed by atoms with van der Waals surface area (Å²) in [6.45, 7) is 3.33. The number of carboxylic acids is 1. The van der Waals surface area contributed by atoms with Crippen molar-refractivity contribution in [3.8, 4) is 0 Å². The Balaban J connectivity index is 2.24. The highest BCUT2D eigenvalue weighted by molar-refractivity contribution is 5.76. The van der Waals surface area contributed by atoms with E-state index < -0.39 is 11.4 Å². The van der Waals surface area contributed by atoms with Gasteiger partial charge in [0.15, 0.2) is 0 Å². The van der Waals surface area contributed by atoms with Gasteiger partial charge >= 0.3 is 5.97 Å². The number of aliphatic carboxylic acids is 1. The van der Waals surface area contributed by atoms with Crippen molar-refractivity contribution < 1.29 is 14.6 Å². The van der Waals surface area contributed by atoms with Crippen molar-refractivity contribution in [2.45, 2.75) is 32.6 Å². The Labute approximate surface area is 78.1 Å². The first-order chi connectivity index (χ1) is 6.11. The molecule has 1 N–H and O–H groups in total. The van der Waals surface area contributed by atoms with Crippen LogP contribution in [0.25, 0.3) is 0 Å². The molecule has 1 saturated carbocycles. The van der Waals surface area contributed by atoms with Crippen LogP contribution in [-0.2, 0) is 9.53 Å². The highest BCUT2D eigenvalue weighted by Gasteiger charge is 2.60. The molecule has 0 aromatic rings. The summed E-state index contributed by atoms with van der Waals surface area (Å²) in [6.07, 6.45) is 3.52. The first-order valence-corrected chi connectivity index (χ1v) is 4.92. The molecule has 0 spiro atoms. The summed E-state index contributed by atoms with van der Waals surface area (Å²) in [5.41, 5.74) is -0.423. The molecule has 74 valence electrons. The van der Waals surface area contributed by atoms with E-state index in [-0.39, 0.29) is 5.41 Å². The largest absolute Gasteiger partial charge is 0.481 e. The minimum atomic E-state index is -0.615. The molecule has 0 radical (unpaired) electrons. The van der Waals surface area contributed by atoms with Crippen LogP contribution in [0.15, 0.2) is 0 Å². The molecular formula is C10H16O3. The van der Waals surface area contributed by atoms with E-state index in [4.69, 9.17) is 4.74 Å². The highest BCUT2D eigenvalue weighted by atomic mass is 16.5. The zero-order valence-electron chi connectivity index (χ0n) is 8.01. The maximum absolute atomic E-state index is 11.3. The van der Waals surface area contributed by atoms with Gasteiger partial charge in [0.25, 0.3) is 0 Å². The maximum Gasteiger partial charge on any atom is 0.310 e. The summed E-state index contributed by atoms with van der Waals surface area (Å²) in [6, 6.07) is 0. The van der Waals surface area contributed by atoms with Crippen LogP contribution in [0.5, 0.6) is 0 Å². The topological polar surface area (TPSA) is 46.5 Å². The van der Waals surface area contributed by atoms with Gasteiger partial charge in [-0.3, -0.25) is 4.79 Å². The van der Waals surface area contributed by atoms with E-state index in [2.05, 4.69) is 6.92 Å². The molecule has 1 heterocycles. The van der Waals surface area contributed by atoms with Gasteiger partial charge in [-0.25, -0.2) is 0 Å². The van der Waals surface area contributed by atoms with Crippen LogP contribution in [0.4, 0.5) is 0 Å². The van der Waals surface area contributed by atoms with Crippen LogP contribution in [-0.4, -0.2) is 24.3 Å². The monoisotopic (exact) mass is 184 g/mol. The van der Waals surface area contributed by atoms with Crippen LogP contribution in [0.3, 0.4) is 0 Å². The van der Waals surface area contributed by atoms with Crippen molar-refractivity contribution in [1.82, 2.24) is 0 Å². The lowest BCUT2D eigenvalue weighted by molar-refractivity contribution is -0.161. The molecule has 13 heavy (non-hydrogen) atoms. The number of hydrogen-bond acceptors (Lipinski definition) is 2. The van der Waals surface area contributed by atoms with Gasteiger partial charge in [-0.2, -0.15) is 0 Å². The zero-order valence-corrected chi connectivity index (χ0v) is 8.01. The quantitative estimate of drug-likeness (QED) is 0.710. The van der Waals surface area contributed by atoms with Crippen LogP contribution < -0.4 is 0 Å². The molecule has 3 heteroatoms. The number of rotatable bonds is 2. The van der Waals surface area contributed by atoms with E-state index >= 15 is 0 Å². The maximum atomic E-state index is 11.3. The Morgan fingerprint density at radius 2 is 1.77 bits per heavy atom. The van der Waals surface area contributed by atoms with Crippen molar-refractivity contribution in [2.24, 2.45) is 10.8 Å². The summed E-state index contributed by atoms with van der Waals surface area (Å²) in [7, 11) is 0. The van der Waals surface area contributed by atoms with E-state index in [0.29, 0.717) is 26.1 Å². The molecule has 0 unspecified atom stereocenters. The predicted molar refractivity (Wildman–Crippen MR) is 47.5 cm³/mol. The molecule has 0 aromatic carbocycles. The lowest BCUT2D eigenvalue weighted by atomic mass is 9.68. The molecule has 0 bridgehead atoms. The second-order valence-electron chi connectivity index (χ2n) is 4.56. The van der Waals surface area contributed by atoms with E-state index in [1.807, 2.05) is 0 Å². The van der Waals surface area contributed by atoms with E-state index in [1.165, 1.54) is 0 Å². The number of hydrogen-bond donors (Lipinski definition) is 1. The summed E-state index contributed by atoms with van der Waals surface area (Å²) in [5, 5.41) is 9.31. The Hall–Kier alpha value is -0.570. The van der Waals surface area contributed by atoms with E-state index in [9.17, 15) is 9.90 Å². The third kappa shape index (κ3) is 1.17. The summed E-state index contributed by atoms with van der Waals surface area (Å²) < 4.78 is 5.23. The first kappa shape index (κ1) is 9.00. The molecule has 2 aliphatic rings. The second kappa shape index (κ2) is 2.71. The lowest BCUT2D eigenvalue weighted by Gasteiger charge is -2.38. The highest BCUT2D eigenvalue weighted by Crippen LogP contribution is 2.62. The van der Waals surface area contributed by atoms with Gasteiger partial charge in [-0.1, -0.05) is 6.92 Å². The molecule has 1 aliphatic heterocycles. The summed E-state index contributed by atoms with van der Waals surface area (Å²) >= 11 is 0. The minimum Gasteiger partial charge on any atom is -0.481 e. The van der Waals surface area contributed by atoms with Crippen molar-refractivity contribution in [2.75, 3.05) is 13.2 Å². The van der Waals surface area contributed by atoms with Gasteiger partial charge in [-0.15, -0.1) is 0 Å². The third-order valence-corrected chi connectivity index (χ3v) is 3.91.